The highest BCUT2D eigenvalue weighted by molar-refractivity contribution is 7.10. The molecule has 0 radical (unpaired) electrons. The molecular weight excluding hydrogens is 381 g/mol. The summed E-state index contributed by atoms with van der Waals surface area (Å²) in [6.07, 6.45) is 0. The van der Waals surface area contributed by atoms with Gasteiger partial charge in [-0.2, -0.15) is 16.4 Å². The van der Waals surface area contributed by atoms with Gasteiger partial charge in [0.2, 0.25) is 0 Å². The van der Waals surface area contributed by atoms with E-state index in [9.17, 15) is 9.18 Å². The van der Waals surface area contributed by atoms with Crippen LogP contribution in [0.5, 0.6) is 0 Å². The normalized spacial score (nSPS) is 12.1. The molecule has 0 aliphatic rings. The monoisotopic (exact) mass is 397 g/mol. The quantitative estimate of drug-likeness (QED) is 0.522. The van der Waals surface area contributed by atoms with Crippen molar-refractivity contribution in [3.05, 3.63) is 86.6 Å². The maximum Gasteiger partial charge on any atom is 0.270 e. The summed E-state index contributed by atoms with van der Waals surface area (Å²) >= 11 is 3.20. The number of halogens is 1. The topological polar surface area (TPSA) is 46.9 Å². The zero-order valence-corrected chi connectivity index (χ0v) is 16.1. The van der Waals surface area contributed by atoms with Crippen molar-refractivity contribution < 1.29 is 9.18 Å². The van der Waals surface area contributed by atoms with Crippen LogP contribution in [-0.2, 0) is 7.05 Å². The van der Waals surface area contributed by atoms with E-state index in [1.165, 1.54) is 12.1 Å². The smallest absolute Gasteiger partial charge is 0.270 e. The number of nitrogens with zero attached hydrogens (tertiary/aromatic N) is 2. The first-order valence-electron chi connectivity index (χ1n) is 8.28. The molecule has 4 rings (SSSR count). The second-order valence-corrected chi connectivity index (χ2v) is 7.78. The van der Waals surface area contributed by atoms with Gasteiger partial charge in [-0.25, -0.2) is 4.39 Å². The largest absolute Gasteiger partial charge is 0.339 e. The lowest BCUT2D eigenvalue weighted by molar-refractivity contribution is 0.0934. The number of benzene rings is 1. The minimum Gasteiger partial charge on any atom is -0.339 e. The second kappa shape index (κ2) is 7.46. The SMILES string of the molecule is Cn1nc(-c2ccc(F)cc2)cc1C(=O)N[C@@H](c1ccsc1)c1cccs1. The third kappa shape index (κ3) is 3.70. The van der Waals surface area contributed by atoms with Gasteiger partial charge in [0.05, 0.1) is 11.7 Å². The molecule has 0 spiro atoms. The second-order valence-electron chi connectivity index (χ2n) is 6.02. The zero-order chi connectivity index (χ0) is 18.8. The molecule has 0 saturated carbocycles. The van der Waals surface area contributed by atoms with Crippen LogP contribution in [0, 0.1) is 5.82 Å². The molecule has 3 aromatic heterocycles. The highest BCUT2D eigenvalue weighted by Crippen LogP contribution is 2.28. The summed E-state index contributed by atoms with van der Waals surface area (Å²) in [5.74, 6) is -0.509. The number of thiophene rings is 2. The zero-order valence-electron chi connectivity index (χ0n) is 14.4. The molecule has 7 heteroatoms. The van der Waals surface area contributed by atoms with E-state index in [0.717, 1.165) is 16.0 Å². The number of amides is 1. The molecule has 27 heavy (non-hydrogen) atoms. The van der Waals surface area contributed by atoms with Crippen molar-refractivity contribution >= 4 is 28.6 Å². The van der Waals surface area contributed by atoms with Crippen molar-refractivity contribution in [3.8, 4) is 11.3 Å². The van der Waals surface area contributed by atoms with E-state index in [0.29, 0.717) is 11.4 Å². The van der Waals surface area contributed by atoms with Crippen molar-refractivity contribution in [1.29, 1.82) is 0 Å². The van der Waals surface area contributed by atoms with E-state index in [4.69, 9.17) is 0 Å². The van der Waals surface area contributed by atoms with Crippen molar-refractivity contribution in [2.45, 2.75) is 6.04 Å². The summed E-state index contributed by atoms with van der Waals surface area (Å²) < 4.78 is 14.7. The molecule has 136 valence electrons. The molecule has 1 atom stereocenters. The van der Waals surface area contributed by atoms with Crippen molar-refractivity contribution in [2.24, 2.45) is 7.05 Å². The molecule has 0 unspecified atom stereocenters. The summed E-state index contributed by atoms with van der Waals surface area (Å²) in [4.78, 5) is 14.0. The standard InChI is InChI=1S/C20H16FN3OS2/c1-24-17(11-16(23-24)13-4-6-15(21)7-5-13)20(25)22-19(14-8-10-26-12-14)18-3-2-9-27-18/h2-12,19H,1H3,(H,22,25)/t19-/m0/s1. The van der Waals surface area contributed by atoms with Gasteiger partial charge >= 0.3 is 0 Å². The first-order chi connectivity index (χ1) is 13.1. The Bertz CT molecular complexity index is 1000. The molecular formula is C20H16FN3OS2. The Balaban J connectivity index is 1.61. The Morgan fingerprint density at radius 2 is 2.00 bits per heavy atom. The van der Waals surface area contributed by atoms with Gasteiger partial charge in [-0.05, 0) is 64.2 Å². The van der Waals surface area contributed by atoms with E-state index < -0.39 is 0 Å². The number of hydrogen-bond donors (Lipinski definition) is 1. The Morgan fingerprint density at radius 3 is 2.67 bits per heavy atom. The highest BCUT2D eigenvalue weighted by Gasteiger charge is 2.22. The van der Waals surface area contributed by atoms with Crippen LogP contribution >= 0.6 is 22.7 Å². The number of carbonyl (C=O) groups is 1. The molecule has 0 aliphatic carbocycles. The van der Waals surface area contributed by atoms with Gasteiger partial charge in [-0.3, -0.25) is 9.48 Å². The van der Waals surface area contributed by atoms with E-state index in [-0.39, 0.29) is 17.8 Å². The fraction of sp³-hybridized carbons (Fsp3) is 0.100. The van der Waals surface area contributed by atoms with E-state index in [2.05, 4.69) is 10.4 Å². The van der Waals surface area contributed by atoms with Gasteiger partial charge in [-0.15, -0.1) is 11.3 Å². The Hall–Kier alpha value is -2.77. The molecule has 1 aromatic carbocycles. The van der Waals surface area contributed by atoms with E-state index in [1.54, 1.807) is 52.6 Å². The average molecular weight is 398 g/mol. The highest BCUT2D eigenvalue weighted by atomic mass is 32.1. The predicted molar refractivity (Wildman–Crippen MR) is 107 cm³/mol. The number of rotatable bonds is 5. The van der Waals surface area contributed by atoms with E-state index >= 15 is 0 Å². The minimum absolute atomic E-state index is 0.201. The van der Waals surface area contributed by atoms with Crippen LogP contribution in [0.2, 0.25) is 0 Å². The molecule has 0 aliphatic heterocycles. The molecule has 4 aromatic rings. The molecule has 1 N–H and O–H groups in total. The summed E-state index contributed by atoms with van der Waals surface area (Å²) in [5, 5.41) is 13.5. The third-order valence-electron chi connectivity index (χ3n) is 4.23. The molecule has 0 fully saturated rings. The van der Waals surface area contributed by atoms with Gasteiger partial charge in [0.15, 0.2) is 0 Å². The van der Waals surface area contributed by atoms with Gasteiger partial charge in [0.1, 0.15) is 11.5 Å². The summed E-state index contributed by atoms with van der Waals surface area (Å²) in [7, 11) is 1.73. The maximum atomic E-state index is 13.1. The van der Waals surface area contributed by atoms with Crippen molar-refractivity contribution in [2.75, 3.05) is 0 Å². The van der Waals surface area contributed by atoms with Gasteiger partial charge in [0.25, 0.3) is 5.91 Å². The Kier molecular flexibility index (Phi) is 4.87. The number of carbonyl (C=O) groups excluding carboxylic acids is 1. The number of hydrogen-bond acceptors (Lipinski definition) is 4. The van der Waals surface area contributed by atoms with Crippen LogP contribution in [0.15, 0.2) is 64.7 Å². The fourth-order valence-corrected chi connectivity index (χ4v) is 4.35. The van der Waals surface area contributed by atoms with Gasteiger partial charge in [-0.1, -0.05) is 6.07 Å². The molecule has 0 saturated heterocycles. The molecule has 4 nitrogen and oxygen atoms in total. The van der Waals surface area contributed by atoms with Gasteiger partial charge in [0, 0.05) is 17.5 Å². The first kappa shape index (κ1) is 17.6. The van der Waals surface area contributed by atoms with Crippen LogP contribution in [-0.4, -0.2) is 15.7 Å². The first-order valence-corrected chi connectivity index (χ1v) is 10.1. The van der Waals surface area contributed by atoms with Crippen LogP contribution < -0.4 is 5.32 Å². The third-order valence-corrected chi connectivity index (χ3v) is 5.87. The maximum absolute atomic E-state index is 13.1. The van der Waals surface area contributed by atoms with Crippen LogP contribution in [0.25, 0.3) is 11.3 Å². The Morgan fingerprint density at radius 1 is 1.19 bits per heavy atom. The molecule has 0 bridgehead atoms. The van der Waals surface area contributed by atoms with Crippen molar-refractivity contribution in [3.63, 3.8) is 0 Å². The van der Waals surface area contributed by atoms with Crippen LogP contribution in [0.1, 0.15) is 27.0 Å². The average Bonchev–Trinajstić information content (AvgIpc) is 3.42. The minimum atomic E-state index is -0.304. The summed E-state index contributed by atoms with van der Waals surface area (Å²) in [5.41, 5.74) is 2.90. The van der Waals surface area contributed by atoms with E-state index in [1.807, 2.05) is 34.3 Å². The van der Waals surface area contributed by atoms with Crippen molar-refractivity contribution in [1.82, 2.24) is 15.1 Å². The lowest BCUT2D eigenvalue weighted by Crippen LogP contribution is -2.30. The van der Waals surface area contributed by atoms with Gasteiger partial charge < -0.3 is 5.32 Å². The van der Waals surface area contributed by atoms with Crippen LogP contribution in [0.3, 0.4) is 0 Å². The predicted octanol–water partition coefficient (Wildman–Crippen LogP) is 4.87. The molecule has 1 amide bonds. The summed E-state index contributed by atoms with van der Waals surface area (Å²) in [6.45, 7) is 0. The lowest BCUT2D eigenvalue weighted by Gasteiger charge is -2.16. The Labute approximate surface area is 163 Å². The number of nitrogens with one attached hydrogen (secondary N) is 1. The lowest BCUT2D eigenvalue weighted by atomic mass is 10.1. The number of aromatic nitrogens is 2. The van der Waals surface area contributed by atoms with Crippen LogP contribution in [0.4, 0.5) is 4.39 Å². The number of aryl methyl sites for hydroxylation is 1. The fourth-order valence-electron chi connectivity index (χ4n) is 2.86. The summed E-state index contributed by atoms with van der Waals surface area (Å²) in [6, 6.07) is 13.6. The molecule has 3 heterocycles.